The van der Waals surface area contributed by atoms with Crippen LogP contribution in [0, 0.1) is 12.8 Å². The lowest BCUT2D eigenvalue weighted by atomic mass is 9.82. The minimum Gasteiger partial charge on any atom is -0.359 e. The minimum absolute atomic E-state index is 0.0102. The molecular formula is C24H33N5O2. The van der Waals surface area contributed by atoms with E-state index in [1.54, 1.807) is 6.92 Å². The minimum atomic E-state index is -0.0102. The third-order valence-corrected chi connectivity index (χ3v) is 6.69. The zero-order valence-corrected chi connectivity index (χ0v) is 18.6. The fourth-order valence-electron chi connectivity index (χ4n) is 4.88. The second-order valence-corrected chi connectivity index (χ2v) is 9.03. The predicted molar refractivity (Wildman–Crippen MR) is 123 cm³/mol. The summed E-state index contributed by atoms with van der Waals surface area (Å²) in [5.74, 6) is 1.31. The van der Waals surface area contributed by atoms with Gasteiger partial charge < -0.3 is 10.6 Å². The summed E-state index contributed by atoms with van der Waals surface area (Å²) in [7, 11) is 0. The third-order valence-electron chi connectivity index (χ3n) is 6.69. The number of benzene rings is 1. The number of allylic oxidation sites excluding steroid dienone is 1. The van der Waals surface area contributed by atoms with Gasteiger partial charge in [0.05, 0.1) is 24.6 Å². The third kappa shape index (κ3) is 4.82. The topological polar surface area (TPSA) is 79.3 Å². The Labute approximate surface area is 183 Å². The van der Waals surface area contributed by atoms with E-state index in [1.165, 1.54) is 0 Å². The molecule has 0 unspecified atom stereocenters. The van der Waals surface area contributed by atoms with Gasteiger partial charge in [0, 0.05) is 30.4 Å². The smallest absolute Gasteiger partial charge is 0.239 e. The number of carbonyl (C=O) groups is 2. The number of carbonyl (C=O) groups excluding carboxylic acids is 2. The van der Waals surface area contributed by atoms with Gasteiger partial charge in [-0.15, -0.1) is 6.58 Å². The number of likely N-dealkylation sites (tertiary alicyclic amines) is 1. The molecule has 0 radical (unpaired) electrons. The van der Waals surface area contributed by atoms with E-state index in [9.17, 15) is 9.59 Å². The number of amides is 1. The number of nitrogens with zero attached hydrogens (tertiary/aromatic N) is 3. The summed E-state index contributed by atoms with van der Waals surface area (Å²) in [5, 5.41) is 12.0. The van der Waals surface area contributed by atoms with Gasteiger partial charge in [-0.1, -0.05) is 17.7 Å². The van der Waals surface area contributed by atoms with Crippen molar-refractivity contribution >= 4 is 28.4 Å². The standard InChI is InChI=1S/C24H33N5O2/c1-4-11-29-22-10-5-16(2)12-21(22)24(27-29)25-13-23(31)26-19-14-28(15-19)20-8-6-18(7-9-20)17(3)30/h4-5,10,12,18-20H,1,6-9,11,13-15H2,2-3H3,(H,25,27)(H,26,31). The van der Waals surface area contributed by atoms with Crippen molar-refractivity contribution in [3.8, 4) is 0 Å². The van der Waals surface area contributed by atoms with Crippen molar-refractivity contribution in [2.45, 2.75) is 58.2 Å². The fourth-order valence-corrected chi connectivity index (χ4v) is 4.88. The van der Waals surface area contributed by atoms with Crippen molar-refractivity contribution in [2.24, 2.45) is 5.92 Å². The van der Waals surface area contributed by atoms with Crippen LogP contribution in [0.5, 0.6) is 0 Å². The van der Waals surface area contributed by atoms with Crippen LogP contribution in [0.25, 0.3) is 10.9 Å². The van der Waals surface area contributed by atoms with Crippen LogP contribution in [0.2, 0.25) is 0 Å². The van der Waals surface area contributed by atoms with E-state index in [0.717, 1.165) is 61.1 Å². The first-order valence-corrected chi connectivity index (χ1v) is 11.3. The fraction of sp³-hybridized carbons (Fsp3) is 0.542. The van der Waals surface area contributed by atoms with Crippen LogP contribution in [-0.4, -0.2) is 58.1 Å². The number of rotatable bonds is 8. The molecule has 1 amide bonds. The van der Waals surface area contributed by atoms with Gasteiger partial charge in [0.1, 0.15) is 5.78 Å². The number of aryl methyl sites for hydroxylation is 1. The van der Waals surface area contributed by atoms with Crippen LogP contribution in [0.15, 0.2) is 30.9 Å². The Balaban J connectivity index is 1.25. The molecule has 0 atom stereocenters. The Kier molecular flexibility index (Phi) is 6.41. The summed E-state index contributed by atoms with van der Waals surface area (Å²) in [6.07, 6.45) is 6.00. The molecule has 2 aliphatic rings. The van der Waals surface area contributed by atoms with Crippen LogP contribution in [0.4, 0.5) is 5.82 Å². The van der Waals surface area contributed by atoms with Gasteiger partial charge in [0.25, 0.3) is 0 Å². The molecule has 1 aliphatic heterocycles. The zero-order valence-electron chi connectivity index (χ0n) is 18.6. The van der Waals surface area contributed by atoms with Crippen molar-refractivity contribution in [2.75, 3.05) is 25.0 Å². The number of hydrogen-bond acceptors (Lipinski definition) is 5. The first-order chi connectivity index (χ1) is 14.9. The Hall–Kier alpha value is -2.67. The van der Waals surface area contributed by atoms with Crippen LogP contribution in [0.1, 0.15) is 38.2 Å². The monoisotopic (exact) mass is 423 g/mol. The predicted octanol–water partition coefficient (Wildman–Crippen LogP) is 2.89. The summed E-state index contributed by atoms with van der Waals surface area (Å²) in [6.45, 7) is 10.2. The van der Waals surface area contributed by atoms with Crippen LogP contribution in [-0.2, 0) is 16.1 Å². The largest absolute Gasteiger partial charge is 0.359 e. The highest BCUT2D eigenvalue weighted by Gasteiger charge is 2.35. The molecule has 1 aliphatic carbocycles. The van der Waals surface area contributed by atoms with Crippen molar-refractivity contribution < 1.29 is 9.59 Å². The lowest BCUT2D eigenvalue weighted by Crippen LogP contribution is -2.63. The number of hydrogen-bond donors (Lipinski definition) is 2. The van der Waals surface area contributed by atoms with Gasteiger partial charge in [0.15, 0.2) is 5.82 Å². The van der Waals surface area contributed by atoms with Gasteiger partial charge in [-0.3, -0.25) is 19.2 Å². The average Bonchev–Trinajstić information content (AvgIpc) is 3.06. The number of ketones is 1. The summed E-state index contributed by atoms with van der Waals surface area (Å²) in [6, 6.07) is 6.98. The lowest BCUT2D eigenvalue weighted by Gasteiger charge is -2.46. The normalized spacial score (nSPS) is 22.1. The molecule has 1 saturated heterocycles. The molecule has 2 N–H and O–H groups in total. The number of fused-ring (bicyclic) bond motifs is 1. The highest BCUT2D eigenvalue weighted by Crippen LogP contribution is 2.30. The van der Waals surface area contributed by atoms with Crippen molar-refractivity contribution in [1.82, 2.24) is 20.0 Å². The molecule has 1 aromatic heterocycles. The molecule has 1 saturated carbocycles. The molecule has 2 aromatic rings. The van der Waals surface area contributed by atoms with Gasteiger partial charge in [-0.05, 0) is 51.7 Å². The maximum Gasteiger partial charge on any atom is 0.239 e. The van der Waals surface area contributed by atoms with Crippen molar-refractivity contribution in [3.63, 3.8) is 0 Å². The van der Waals surface area contributed by atoms with E-state index in [0.29, 0.717) is 18.4 Å². The van der Waals surface area contributed by atoms with E-state index in [1.807, 2.05) is 10.8 Å². The number of aromatic nitrogens is 2. The Morgan fingerprint density at radius 3 is 2.65 bits per heavy atom. The SMILES string of the molecule is C=CCn1nc(NCC(=O)NC2CN(C3CCC(C(C)=O)CC3)C2)c2cc(C)ccc21. The number of Topliss-reactive ketones (excluding diaryl/α,β-unsaturated/α-hetero) is 1. The zero-order chi connectivity index (χ0) is 22.0. The maximum atomic E-state index is 12.5. The summed E-state index contributed by atoms with van der Waals surface area (Å²) in [5.41, 5.74) is 2.19. The highest BCUT2D eigenvalue weighted by molar-refractivity contribution is 5.92. The quantitative estimate of drug-likeness (QED) is 0.639. The van der Waals surface area contributed by atoms with Crippen molar-refractivity contribution in [3.05, 3.63) is 36.4 Å². The van der Waals surface area contributed by atoms with E-state index < -0.39 is 0 Å². The van der Waals surface area contributed by atoms with Crippen LogP contribution in [0.3, 0.4) is 0 Å². The number of anilines is 1. The van der Waals surface area contributed by atoms with Crippen LogP contribution < -0.4 is 10.6 Å². The second kappa shape index (κ2) is 9.22. The van der Waals surface area contributed by atoms with Gasteiger partial charge in [0.2, 0.25) is 5.91 Å². The second-order valence-electron chi connectivity index (χ2n) is 9.03. The molecule has 7 nitrogen and oxygen atoms in total. The molecule has 7 heteroatoms. The molecule has 2 fully saturated rings. The molecule has 0 bridgehead atoms. The Morgan fingerprint density at radius 1 is 1.23 bits per heavy atom. The van der Waals surface area contributed by atoms with Crippen molar-refractivity contribution in [1.29, 1.82) is 0 Å². The summed E-state index contributed by atoms with van der Waals surface area (Å²) in [4.78, 5) is 26.5. The van der Waals surface area contributed by atoms with E-state index in [-0.39, 0.29) is 24.4 Å². The molecule has 31 heavy (non-hydrogen) atoms. The summed E-state index contributed by atoms with van der Waals surface area (Å²) >= 11 is 0. The van der Waals surface area contributed by atoms with Gasteiger partial charge in [-0.25, -0.2) is 0 Å². The molecule has 0 spiro atoms. The van der Waals surface area contributed by atoms with E-state index in [2.05, 4.69) is 52.3 Å². The average molecular weight is 424 g/mol. The lowest BCUT2D eigenvalue weighted by molar-refractivity contribution is -0.123. The first-order valence-electron chi connectivity index (χ1n) is 11.3. The first kappa shape index (κ1) is 21.6. The van der Waals surface area contributed by atoms with E-state index >= 15 is 0 Å². The Bertz CT molecular complexity index is 968. The van der Waals surface area contributed by atoms with Gasteiger partial charge >= 0.3 is 0 Å². The molecule has 1 aromatic carbocycles. The highest BCUT2D eigenvalue weighted by atomic mass is 16.2. The molecule has 2 heterocycles. The Morgan fingerprint density at radius 2 is 1.97 bits per heavy atom. The molecule has 166 valence electrons. The van der Waals surface area contributed by atoms with Gasteiger partial charge in [-0.2, -0.15) is 5.10 Å². The maximum absolute atomic E-state index is 12.5. The van der Waals surface area contributed by atoms with E-state index in [4.69, 9.17) is 0 Å². The summed E-state index contributed by atoms with van der Waals surface area (Å²) < 4.78 is 1.90. The molecular weight excluding hydrogens is 390 g/mol. The number of nitrogens with one attached hydrogen (secondary N) is 2. The molecule has 4 rings (SSSR count). The van der Waals surface area contributed by atoms with Crippen LogP contribution >= 0.6 is 0 Å².